The fraction of sp³-hybridized carbons (Fsp3) is 0.556. The molecule has 0 saturated carbocycles. The van der Waals surface area contributed by atoms with Crippen LogP contribution >= 0.6 is 0 Å². The number of esters is 1. The molecule has 0 amide bonds. The Labute approximate surface area is 192 Å². The molecule has 1 aromatic rings. The van der Waals surface area contributed by atoms with E-state index in [2.05, 4.69) is 69.1 Å². The summed E-state index contributed by atoms with van der Waals surface area (Å²) in [6.45, 7) is 14.8. The molecule has 1 N–H and O–H groups in total. The molecule has 1 aliphatic carbocycles. The fourth-order valence-electron chi connectivity index (χ4n) is 4.89. The molecule has 2 aliphatic rings. The van der Waals surface area contributed by atoms with E-state index < -0.39 is 5.92 Å². The van der Waals surface area contributed by atoms with Gasteiger partial charge in [0.25, 0.3) is 0 Å². The minimum atomic E-state index is -0.394. The Hall–Kier alpha value is -2.56. The molecule has 32 heavy (non-hydrogen) atoms. The summed E-state index contributed by atoms with van der Waals surface area (Å²) >= 11 is 0. The van der Waals surface area contributed by atoms with Gasteiger partial charge in [-0.1, -0.05) is 39.3 Å². The lowest BCUT2D eigenvalue weighted by molar-refractivity contribution is -0.139. The van der Waals surface area contributed by atoms with Crippen molar-refractivity contribution in [2.45, 2.75) is 73.1 Å². The van der Waals surface area contributed by atoms with Crippen LogP contribution in [0.3, 0.4) is 0 Å². The first-order valence-corrected chi connectivity index (χ1v) is 12.0. The molecule has 1 unspecified atom stereocenters. The molecule has 5 heteroatoms. The zero-order valence-corrected chi connectivity index (χ0v) is 20.5. The molecule has 1 aromatic carbocycles. The van der Waals surface area contributed by atoms with Gasteiger partial charge in [0.1, 0.15) is 0 Å². The van der Waals surface area contributed by atoms with Crippen LogP contribution in [0.4, 0.5) is 5.69 Å². The average molecular weight is 439 g/mol. The van der Waals surface area contributed by atoms with Crippen LogP contribution in [0.2, 0.25) is 0 Å². The Morgan fingerprint density at radius 2 is 1.78 bits per heavy atom. The summed E-state index contributed by atoms with van der Waals surface area (Å²) in [5.74, 6) is -0.604. The van der Waals surface area contributed by atoms with Crippen LogP contribution in [0.25, 0.3) is 0 Å². The number of ketones is 1. The van der Waals surface area contributed by atoms with E-state index in [1.54, 1.807) is 0 Å². The number of nitrogens with one attached hydrogen (secondary N) is 1. The van der Waals surface area contributed by atoms with Gasteiger partial charge in [0.2, 0.25) is 0 Å². The Balaban J connectivity index is 2.06. The maximum atomic E-state index is 13.4. The van der Waals surface area contributed by atoms with Gasteiger partial charge in [-0.2, -0.15) is 0 Å². The number of allylic oxidation sites excluding steroid dienone is 3. The third-order valence-corrected chi connectivity index (χ3v) is 6.55. The van der Waals surface area contributed by atoms with Crippen molar-refractivity contribution in [2.24, 2.45) is 5.41 Å². The Morgan fingerprint density at radius 1 is 1.12 bits per heavy atom. The van der Waals surface area contributed by atoms with E-state index in [0.29, 0.717) is 18.6 Å². The number of Topliss-reactive ketones (excluding diaryl/α,β-unsaturated/α-hetero) is 1. The molecule has 3 rings (SSSR count). The van der Waals surface area contributed by atoms with Crippen molar-refractivity contribution in [3.05, 3.63) is 52.4 Å². The summed E-state index contributed by atoms with van der Waals surface area (Å²) in [4.78, 5) is 28.8. The highest BCUT2D eigenvalue weighted by atomic mass is 16.5. The lowest BCUT2D eigenvalue weighted by Gasteiger charge is -2.39. The summed E-state index contributed by atoms with van der Waals surface area (Å²) in [5, 5.41) is 3.40. The van der Waals surface area contributed by atoms with Gasteiger partial charge in [0, 0.05) is 48.1 Å². The van der Waals surface area contributed by atoms with Gasteiger partial charge in [-0.05, 0) is 56.7 Å². The van der Waals surface area contributed by atoms with E-state index in [9.17, 15) is 9.59 Å². The molecular weight excluding hydrogens is 400 g/mol. The van der Waals surface area contributed by atoms with E-state index in [0.717, 1.165) is 60.6 Å². The predicted molar refractivity (Wildman–Crippen MR) is 129 cm³/mol. The van der Waals surface area contributed by atoms with Crippen molar-refractivity contribution in [2.75, 3.05) is 24.6 Å². The maximum absolute atomic E-state index is 13.4. The minimum Gasteiger partial charge on any atom is -0.462 e. The Bertz CT molecular complexity index is 921. The Morgan fingerprint density at radius 3 is 2.38 bits per heavy atom. The highest BCUT2D eigenvalue weighted by Gasteiger charge is 2.43. The van der Waals surface area contributed by atoms with Crippen LogP contribution in [0, 0.1) is 5.41 Å². The van der Waals surface area contributed by atoms with Crippen LogP contribution in [0.1, 0.15) is 78.7 Å². The lowest BCUT2D eigenvalue weighted by Crippen LogP contribution is -2.38. The molecule has 0 bridgehead atoms. The molecule has 1 heterocycles. The largest absolute Gasteiger partial charge is 0.462 e. The number of benzene rings is 1. The van der Waals surface area contributed by atoms with Gasteiger partial charge in [0.05, 0.1) is 12.2 Å². The van der Waals surface area contributed by atoms with Gasteiger partial charge in [-0.3, -0.25) is 4.79 Å². The van der Waals surface area contributed by atoms with Gasteiger partial charge < -0.3 is 15.0 Å². The fourth-order valence-corrected chi connectivity index (χ4v) is 4.89. The van der Waals surface area contributed by atoms with Gasteiger partial charge in [-0.15, -0.1) is 0 Å². The summed E-state index contributed by atoms with van der Waals surface area (Å²) in [6, 6.07) is 8.32. The molecule has 174 valence electrons. The molecule has 1 atom stereocenters. The summed E-state index contributed by atoms with van der Waals surface area (Å²) in [5.41, 5.74) is 5.03. The van der Waals surface area contributed by atoms with E-state index in [1.165, 1.54) is 0 Å². The van der Waals surface area contributed by atoms with Gasteiger partial charge in [-0.25, -0.2) is 4.79 Å². The highest BCUT2D eigenvalue weighted by molar-refractivity contribution is 6.04. The van der Waals surface area contributed by atoms with Crippen molar-refractivity contribution in [3.8, 4) is 0 Å². The number of carbonyl (C=O) groups is 2. The number of ether oxygens (including phenoxy) is 1. The van der Waals surface area contributed by atoms with E-state index in [1.807, 2.05) is 6.92 Å². The second kappa shape index (κ2) is 9.93. The minimum absolute atomic E-state index is 0.0977. The van der Waals surface area contributed by atoms with Gasteiger partial charge in [0.15, 0.2) is 5.78 Å². The molecule has 0 saturated heterocycles. The molecule has 0 radical (unpaired) electrons. The Kier molecular flexibility index (Phi) is 7.47. The number of nitrogens with zero attached hydrogens (tertiary/aromatic N) is 1. The summed E-state index contributed by atoms with van der Waals surface area (Å²) < 4.78 is 5.62. The van der Waals surface area contributed by atoms with Crippen LogP contribution < -0.4 is 10.2 Å². The van der Waals surface area contributed by atoms with Crippen molar-refractivity contribution in [1.82, 2.24) is 5.32 Å². The van der Waals surface area contributed by atoms with E-state index in [4.69, 9.17) is 4.74 Å². The second-order valence-corrected chi connectivity index (χ2v) is 9.68. The van der Waals surface area contributed by atoms with Crippen LogP contribution in [-0.4, -0.2) is 31.4 Å². The molecule has 0 aromatic heterocycles. The first-order chi connectivity index (χ1) is 15.2. The third-order valence-electron chi connectivity index (χ3n) is 6.55. The maximum Gasteiger partial charge on any atom is 0.336 e. The number of rotatable bonds is 8. The zero-order chi connectivity index (χ0) is 23.5. The molecule has 5 nitrogen and oxygen atoms in total. The van der Waals surface area contributed by atoms with Crippen molar-refractivity contribution in [3.63, 3.8) is 0 Å². The third kappa shape index (κ3) is 4.92. The second-order valence-electron chi connectivity index (χ2n) is 9.68. The number of carbonyl (C=O) groups excluding carboxylic acids is 2. The SMILES string of the molecule is CCCCOC(=O)C1=C(C)NC2=C(C(=O)CC(C)(C)C2)C1c1ccc(N(CC)CC)cc1. The standard InChI is InChI=1S/C27H38N2O3/c1-7-10-15-32-26(31)23-18(4)28-21-16-27(5,6)17-22(30)25(21)24(23)19-11-13-20(14-12-19)29(8-2)9-3/h11-14,24,28H,7-10,15-17H2,1-6H3. The highest BCUT2D eigenvalue weighted by Crippen LogP contribution is 2.47. The monoisotopic (exact) mass is 438 g/mol. The first-order valence-electron chi connectivity index (χ1n) is 12.0. The van der Waals surface area contributed by atoms with E-state index in [-0.39, 0.29) is 17.2 Å². The smallest absolute Gasteiger partial charge is 0.336 e. The van der Waals surface area contributed by atoms with Crippen molar-refractivity contribution >= 4 is 17.4 Å². The quantitative estimate of drug-likeness (QED) is 0.430. The topological polar surface area (TPSA) is 58.6 Å². The van der Waals surface area contributed by atoms with Crippen molar-refractivity contribution in [1.29, 1.82) is 0 Å². The first kappa shape index (κ1) is 24.1. The van der Waals surface area contributed by atoms with Crippen LogP contribution in [0.15, 0.2) is 46.8 Å². The molecular formula is C27H38N2O3. The van der Waals surface area contributed by atoms with E-state index >= 15 is 0 Å². The lowest BCUT2D eigenvalue weighted by atomic mass is 9.68. The van der Waals surface area contributed by atoms with Crippen molar-refractivity contribution < 1.29 is 14.3 Å². The summed E-state index contributed by atoms with van der Waals surface area (Å²) in [6.07, 6.45) is 3.06. The predicted octanol–water partition coefficient (Wildman–Crippen LogP) is 5.48. The molecule has 0 spiro atoms. The number of anilines is 1. The number of hydrogen-bond donors (Lipinski definition) is 1. The van der Waals surface area contributed by atoms with Crippen LogP contribution in [-0.2, 0) is 14.3 Å². The average Bonchev–Trinajstić information content (AvgIpc) is 2.73. The number of unbranched alkanes of at least 4 members (excludes halogenated alkanes) is 1. The number of dihydropyridines is 1. The summed E-state index contributed by atoms with van der Waals surface area (Å²) in [7, 11) is 0. The van der Waals surface area contributed by atoms with Crippen LogP contribution in [0.5, 0.6) is 0 Å². The number of hydrogen-bond acceptors (Lipinski definition) is 5. The zero-order valence-electron chi connectivity index (χ0n) is 20.5. The van der Waals surface area contributed by atoms with Gasteiger partial charge >= 0.3 is 5.97 Å². The molecule has 0 fully saturated rings. The normalized spacial score (nSPS) is 20.1. The molecule has 1 aliphatic heterocycles.